The molecule has 11 heteroatoms. The molecular formula is C12H17NO8S2. The monoisotopic (exact) mass is 367 g/mol. The van der Waals surface area contributed by atoms with Gasteiger partial charge in [0.05, 0.1) is 22.0 Å². The first-order chi connectivity index (χ1) is 10.5. The molecule has 0 aliphatic carbocycles. The number of aliphatic hydroxyl groups excluding tert-OH is 2. The van der Waals surface area contributed by atoms with E-state index < -0.39 is 52.5 Å². The van der Waals surface area contributed by atoms with Gasteiger partial charge in [-0.1, -0.05) is 19.9 Å². The van der Waals surface area contributed by atoms with Crippen molar-refractivity contribution in [3.05, 3.63) is 39.4 Å². The van der Waals surface area contributed by atoms with Gasteiger partial charge in [-0.15, -0.1) is 0 Å². The molecule has 0 fully saturated rings. The van der Waals surface area contributed by atoms with Crippen LogP contribution in [0.1, 0.15) is 35.8 Å². The second kappa shape index (κ2) is 6.91. The van der Waals surface area contributed by atoms with E-state index in [1.165, 1.54) is 13.8 Å². The van der Waals surface area contributed by atoms with Crippen molar-refractivity contribution in [1.82, 2.24) is 0 Å². The zero-order valence-electron chi connectivity index (χ0n) is 12.4. The van der Waals surface area contributed by atoms with E-state index in [1.54, 1.807) is 0 Å². The van der Waals surface area contributed by atoms with E-state index in [4.69, 9.17) is 0 Å². The number of benzene rings is 1. The Morgan fingerprint density at radius 3 is 1.96 bits per heavy atom. The number of hydrogen-bond acceptors (Lipinski definition) is 8. The Labute approximate surface area is 133 Å². The van der Waals surface area contributed by atoms with Gasteiger partial charge in [-0.05, 0) is 6.07 Å². The molecule has 0 aromatic heterocycles. The maximum atomic E-state index is 11.7. The van der Waals surface area contributed by atoms with Crippen LogP contribution in [0.25, 0.3) is 0 Å². The lowest BCUT2D eigenvalue weighted by Crippen LogP contribution is -2.18. The molecule has 2 atom stereocenters. The maximum absolute atomic E-state index is 11.7. The number of nitro groups is 1. The van der Waals surface area contributed by atoms with Crippen molar-refractivity contribution in [2.75, 3.05) is 11.5 Å². The van der Waals surface area contributed by atoms with Crippen LogP contribution in [0.2, 0.25) is 0 Å². The molecule has 130 valence electrons. The van der Waals surface area contributed by atoms with Crippen molar-refractivity contribution in [3.8, 4) is 0 Å². The van der Waals surface area contributed by atoms with Crippen molar-refractivity contribution >= 4 is 25.4 Å². The van der Waals surface area contributed by atoms with Gasteiger partial charge in [0.2, 0.25) is 0 Å². The third kappa shape index (κ3) is 4.05. The molecule has 9 nitrogen and oxygen atoms in total. The molecule has 0 aliphatic heterocycles. The van der Waals surface area contributed by atoms with Crippen molar-refractivity contribution in [3.63, 3.8) is 0 Å². The predicted molar refractivity (Wildman–Crippen MR) is 81.9 cm³/mol. The number of rotatable bonds is 7. The molecule has 2 unspecified atom stereocenters. The molecule has 0 heterocycles. The van der Waals surface area contributed by atoms with Gasteiger partial charge in [-0.3, -0.25) is 10.1 Å². The summed E-state index contributed by atoms with van der Waals surface area (Å²) in [7, 11) is -7.91. The lowest BCUT2D eigenvalue weighted by molar-refractivity contribution is -0.386. The van der Waals surface area contributed by atoms with Crippen LogP contribution in [-0.2, 0) is 19.7 Å². The third-order valence-corrected chi connectivity index (χ3v) is 6.78. The highest BCUT2D eigenvalue weighted by molar-refractivity contribution is 7.91. The highest BCUT2D eigenvalue weighted by atomic mass is 32.2. The summed E-state index contributed by atoms with van der Waals surface area (Å²) in [4.78, 5) is 10.2. The Morgan fingerprint density at radius 2 is 1.52 bits per heavy atom. The molecule has 2 N–H and O–H groups in total. The number of hydrogen-bond donors (Lipinski definition) is 2. The summed E-state index contributed by atoms with van der Waals surface area (Å²) < 4.78 is 46.6. The molecule has 0 bridgehead atoms. The molecule has 1 rings (SSSR count). The van der Waals surface area contributed by atoms with Crippen LogP contribution in [0.3, 0.4) is 0 Å². The fourth-order valence-electron chi connectivity index (χ4n) is 1.80. The van der Waals surface area contributed by atoms with Gasteiger partial charge < -0.3 is 10.2 Å². The molecular weight excluding hydrogens is 350 g/mol. The van der Waals surface area contributed by atoms with Crippen LogP contribution in [-0.4, -0.2) is 43.5 Å². The molecule has 1 aromatic carbocycles. The quantitative estimate of drug-likeness (QED) is 0.520. The molecule has 0 amide bonds. The van der Waals surface area contributed by atoms with Crippen molar-refractivity contribution in [2.45, 2.75) is 24.7 Å². The van der Waals surface area contributed by atoms with Crippen LogP contribution in [0.15, 0.2) is 18.2 Å². The lowest BCUT2D eigenvalue weighted by atomic mass is 10.1. The van der Waals surface area contributed by atoms with Crippen LogP contribution >= 0.6 is 0 Å². The zero-order chi connectivity index (χ0) is 18.0. The van der Waals surface area contributed by atoms with Crippen molar-refractivity contribution < 1.29 is 32.0 Å². The number of sulfone groups is 2. The highest BCUT2D eigenvalue weighted by Crippen LogP contribution is 2.32. The molecule has 0 saturated carbocycles. The van der Waals surface area contributed by atoms with E-state index in [9.17, 15) is 37.2 Å². The van der Waals surface area contributed by atoms with Crippen LogP contribution in [0.4, 0.5) is 5.69 Å². The predicted octanol–water partition coefficient (Wildman–Crippen LogP) is 0.446. The minimum atomic E-state index is -4.00. The Balaban J connectivity index is 3.48. The van der Waals surface area contributed by atoms with Crippen LogP contribution in [0, 0.1) is 10.1 Å². The van der Waals surface area contributed by atoms with Gasteiger partial charge in [0.25, 0.3) is 5.69 Å². The minimum absolute atomic E-state index is 0.275. The van der Waals surface area contributed by atoms with Crippen LogP contribution < -0.4 is 0 Å². The largest absolute Gasteiger partial charge is 0.373 e. The number of nitrogens with zero attached hydrogens (tertiary/aromatic N) is 1. The molecule has 0 saturated heterocycles. The van der Waals surface area contributed by atoms with Gasteiger partial charge in [-0.25, -0.2) is 16.8 Å². The van der Waals surface area contributed by atoms with Gasteiger partial charge in [0.1, 0.15) is 0 Å². The standard InChI is InChI=1S/C12H17NO8S2/c1-3-22(18,19)11(14)8-5-6-9(10(7-8)13(16)17)12(15)23(20,21)4-2/h5-7,11-12,14-15H,3-4H2,1-2H3. The summed E-state index contributed by atoms with van der Waals surface area (Å²) >= 11 is 0. The number of aliphatic hydroxyl groups is 2. The van der Waals surface area contributed by atoms with Gasteiger partial charge in [0.15, 0.2) is 30.5 Å². The molecule has 23 heavy (non-hydrogen) atoms. The van der Waals surface area contributed by atoms with E-state index in [2.05, 4.69) is 0 Å². The van der Waals surface area contributed by atoms with Crippen molar-refractivity contribution in [1.29, 1.82) is 0 Å². The first-order valence-corrected chi connectivity index (χ1v) is 9.98. The smallest absolute Gasteiger partial charge is 0.276 e. The minimum Gasteiger partial charge on any atom is -0.373 e. The molecule has 1 aromatic rings. The number of nitro benzene ring substituents is 1. The molecule has 0 aliphatic rings. The topological polar surface area (TPSA) is 152 Å². The first-order valence-electron chi connectivity index (χ1n) is 6.55. The Bertz CT molecular complexity index is 800. The van der Waals surface area contributed by atoms with E-state index in [0.717, 1.165) is 18.2 Å². The van der Waals surface area contributed by atoms with Crippen molar-refractivity contribution in [2.24, 2.45) is 0 Å². The summed E-state index contributed by atoms with van der Waals surface area (Å²) in [5.41, 5.74) is -5.62. The van der Waals surface area contributed by atoms with Gasteiger partial charge in [0, 0.05) is 11.6 Å². The molecule has 0 spiro atoms. The highest BCUT2D eigenvalue weighted by Gasteiger charge is 2.32. The van der Waals surface area contributed by atoms with Crippen LogP contribution in [0.5, 0.6) is 0 Å². The fourth-order valence-corrected chi connectivity index (χ4v) is 3.58. The van der Waals surface area contributed by atoms with Gasteiger partial charge >= 0.3 is 0 Å². The van der Waals surface area contributed by atoms with E-state index in [-0.39, 0.29) is 11.3 Å². The maximum Gasteiger partial charge on any atom is 0.276 e. The lowest BCUT2D eigenvalue weighted by Gasteiger charge is -2.14. The Morgan fingerprint density at radius 1 is 1.04 bits per heavy atom. The van der Waals surface area contributed by atoms with E-state index in [1.807, 2.05) is 0 Å². The zero-order valence-corrected chi connectivity index (χ0v) is 14.0. The summed E-state index contributed by atoms with van der Waals surface area (Å²) in [6.45, 7) is 2.58. The molecule has 0 radical (unpaired) electrons. The Hall–Kier alpha value is -1.56. The second-order valence-electron chi connectivity index (χ2n) is 4.68. The average Bonchev–Trinajstić information content (AvgIpc) is 2.52. The second-order valence-corrected chi connectivity index (χ2v) is 9.38. The summed E-state index contributed by atoms with van der Waals surface area (Å²) in [5, 5.41) is 30.7. The average molecular weight is 367 g/mol. The SMILES string of the molecule is CCS(=O)(=O)C(O)c1ccc(C(O)S(=O)(=O)CC)c([N+](=O)[O-])c1. The van der Waals surface area contributed by atoms with E-state index in [0.29, 0.717) is 0 Å². The third-order valence-electron chi connectivity index (χ3n) is 3.29. The summed E-state index contributed by atoms with van der Waals surface area (Å²) in [6, 6.07) is 2.72. The summed E-state index contributed by atoms with van der Waals surface area (Å²) in [5.74, 6) is -0.809. The Kier molecular flexibility index (Phi) is 5.85. The normalized spacial score (nSPS) is 15.1. The summed E-state index contributed by atoms with van der Waals surface area (Å²) in [6.07, 6.45) is 0. The van der Waals surface area contributed by atoms with Gasteiger partial charge in [-0.2, -0.15) is 0 Å². The first kappa shape index (κ1) is 19.5. The van der Waals surface area contributed by atoms with E-state index >= 15 is 0 Å². The fraction of sp³-hybridized carbons (Fsp3) is 0.500.